The average molecular weight is 274 g/mol. The summed E-state index contributed by atoms with van der Waals surface area (Å²) in [5.41, 5.74) is 1.13. The van der Waals surface area contributed by atoms with Gasteiger partial charge in [0.1, 0.15) is 11.5 Å². The van der Waals surface area contributed by atoms with Crippen molar-refractivity contribution < 1.29 is 14.0 Å². The molecule has 4 nitrogen and oxygen atoms in total. The van der Waals surface area contributed by atoms with Gasteiger partial charge in [0, 0.05) is 17.3 Å². The van der Waals surface area contributed by atoms with Gasteiger partial charge in [-0.25, -0.2) is 4.39 Å². The Morgan fingerprint density at radius 2 is 2.00 bits per heavy atom. The van der Waals surface area contributed by atoms with Gasteiger partial charge in [0.05, 0.1) is 6.04 Å². The molecule has 0 bridgehead atoms. The molecule has 0 aliphatic rings. The van der Waals surface area contributed by atoms with Crippen molar-refractivity contribution in [2.45, 2.75) is 19.9 Å². The zero-order valence-corrected chi connectivity index (χ0v) is 11.2. The first-order valence-electron chi connectivity index (χ1n) is 6.23. The fourth-order valence-electron chi connectivity index (χ4n) is 1.91. The first-order chi connectivity index (χ1) is 9.49. The summed E-state index contributed by atoms with van der Waals surface area (Å²) in [4.78, 5) is 25.9. The predicted molar refractivity (Wildman–Crippen MR) is 73.1 cm³/mol. The molecule has 1 amide bonds. The van der Waals surface area contributed by atoms with Crippen LogP contribution in [0.3, 0.4) is 0 Å². The summed E-state index contributed by atoms with van der Waals surface area (Å²) in [7, 11) is 0. The fourth-order valence-corrected chi connectivity index (χ4v) is 1.91. The molecule has 0 saturated carbocycles. The van der Waals surface area contributed by atoms with Crippen LogP contribution in [0.5, 0.6) is 0 Å². The number of carbonyl (C=O) groups excluding carboxylic acids is 2. The lowest BCUT2D eigenvalue weighted by molar-refractivity contribution is 0.0934. The number of carbonyl (C=O) groups is 2. The van der Waals surface area contributed by atoms with Crippen molar-refractivity contribution >= 4 is 11.7 Å². The van der Waals surface area contributed by atoms with E-state index in [4.69, 9.17) is 0 Å². The molecule has 0 radical (unpaired) electrons. The number of amides is 1. The van der Waals surface area contributed by atoms with E-state index in [1.54, 1.807) is 25.1 Å². The summed E-state index contributed by atoms with van der Waals surface area (Å²) in [5, 5.41) is 2.68. The van der Waals surface area contributed by atoms with Crippen LogP contribution in [0.4, 0.5) is 4.39 Å². The normalized spacial score (nSPS) is 11.9. The lowest BCUT2D eigenvalue weighted by Gasteiger charge is -2.14. The van der Waals surface area contributed by atoms with Gasteiger partial charge in [0.25, 0.3) is 5.91 Å². The smallest absolute Gasteiger partial charge is 0.268 e. The van der Waals surface area contributed by atoms with Crippen molar-refractivity contribution in [3.63, 3.8) is 0 Å². The minimum Gasteiger partial charge on any atom is -0.356 e. The number of aromatic nitrogens is 1. The molecule has 2 aromatic rings. The van der Waals surface area contributed by atoms with E-state index in [0.29, 0.717) is 11.1 Å². The van der Waals surface area contributed by atoms with Crippen LogP contribution >= 0.6 is 0 Å². The molecule has 0 fully saturated rings. The van der Waals surface area contributed by atoms with Crippen LogP contribution in [0.15, 0.2) is 36.5 Å². The molecule has 0 unspecified atom stereocenters. The number of halogens is 1. The quantitative estimate of drug-likeness (QED) is 0.842. The molecular weight excluding hydrogens is 259 g/mol. The van der Waals surface area contributed by atoms with Gasteiger partial charge < -0.3 is 10.3 Å². The lowest BCUT2D eigenvalue weighted by atomic mass is 10.1. The second-order valence-electron chi connectivity index (χ2n) is 4.57. The van der Waals surface area contributed by atoms with E-state index in [1.807, 2.05) is 0 Å². The van der Waals surface area contributed by atoms with E-state index in [-0.39, 0.29) is 23.2 Å². The Balaban J connectivity index is 2.11. The molecule has 1 heterocycles. The Bertz CT molecular complexity index is 649. The van der Waals surface area contributed by atoms with Crippen molar-refractivity contribution in [1.82, 2.24) is 10.3 Å². The van der Waals surface area contributed by atoms with Crippen molar-refractivity contribution in [1.29, 1.82) is 0 Å². The monoisotopic (exact) mass is 274 g/mol. The van der Waals surface area contributed by atoms with E-state index >= 15 is 0 Å². The number of nitrogens with one attached hydrogen (secondary N) is 2. The lowest BCUT2D eigenvalue weighted by Crippen LogP contribution is -2.27. The highest BCUT2D eigenvalue weighted by atomic mass is 19.1. The minimum atomic E-state index is -0.465. The van der Waals surface area contributed by atoms with E-state index in [1.165, 1.54) is 25.3 Å². The minimum absolute atomic E-state index is 0.123. The Hall–Kier alpha value is -2.43. The van der Waals surface area contributed by atoms with Crippen LogP contribution in [0.2, 0.25) is 0 Å². The van der Waals surface area contributed by atoms with Crippen LogP contribution in [-0.4, -0.2) is 16.7 Å². The summed E-state index contributed by atoms with van der Waals surface area (Å²) in [6.45, 7) is 3.12. The van der Waals surface area contributed by atoms with E-state index < -0.39 is 6.04 Å². The maximum atomic E-state index is 13.6. The summed E-state index contributed by atoms with van der Waals surface area (Å²) in [5.74, 6) is -0.869. The zero-order valence-electron chi connectivity index (χ0n) is 11.2. The standard InChI is InChI=1S/C15H15FN2O2/c1-9(12-5-3-4-6-13(12)16)18-15(20)14-7-11(8-17-14)10(2)19/h3-9,17H,1-2H3,(H,18,20)/t9-/m1/s1. The topological polar surface area (TPSA) is 62.0 Å². The van der Waals surface area contributed by atoms with E-state index in [0.717, 1.165) is 0 Å². The van der Waals surface area contributed by atoms with Crippen LogP contribution in [0.25, 0.3) is 0 Å². The molecule has 0 aliphatic carbocycles. The van der Waals surface area contributed by atoms with Gasteiger partial charge in [-0.2, -0.15) is 0 Å². The molecule has 104 valence electrons. The number of hydrogen-bond donors (Lipinski definition) is 2. The highest BCUT2D eigenvalue weighted by Gasteiger charge is 2.16. The molecule has 0 aliphatic heterocycles. The largest absolute Gasteiger partial charge is 0.356 e. The molecule has 0 spiro atoms. The van der Waals surface area contributed by atoms with Crippen LogP contribution in [0, 0.1) is 5.82 Å². The van der Waals surface area contributed by atoms with E-state index in [2.05, 4.69) is 10.3 Å². The summed E-state index contributed by atoms with van der Waals surface area (Å²) in [6.07, 6.45) is 1.48. The maximum Gasteiger partial charge on any atom is 0.268 e. The van der Waals surface area contributed by atoms with Crippen molar-refractivity contribution in [3.05, 3.63) is 59.2 Å². The molecule has 1 aromatic heterocycles. The van der Waals surface area contributed by atoms with Crippen LogP contribution in [-0.2, 0) is 0 Å². The third-order valence-corrected chi connectivity index (χ3v) is 3.05. The van der Waals surface area contributed by atoms with Crippen molar-refractivity contribution in [3.8, 4) is 0 Å². The zero-order chi connectivity index (χ0) is 14.7. The SMILES string of the molecule is CC(=O)c1c[nH]c(C(=O)N[C@H](C)c2ccccc2F)c1. The number of H-pyrrole nitrogens is 1. The third kappa shape index (κ3) is 2.93. The Morgan fingerprint density at radius 3 is 2.60 bits per heavy atom. The van der Waals surface area contributed by atoms with Gasteiger partial charge in [0.15, 0.2) is 5.78 Å². The molecule has 2 rings (SSSR count). The van der Waals surface area contributed by atoms with E-state index in [9.17, 15) is 14.0 Å². The molecule has 1 atom stereocenters. The highest BCUT2D eigenvalue weighted by molar-refractivity contribution is 5.99. The van der Waals surface area contributed by atoms with Gasteiger partial charge in [-0.3, -0.25) is 9.59 Å². The second kappa shape index (κ2) is 5.69. The first-order valence-corrected chi connectivity index (χ1v) is 6.23. The molecule has 1 aromatic carbocycles. The number of aromatic amines is 1. The molecule has 2 N–H and O–H groups in total. The Morgan fingerprint density at radius 1 is 1.30 bits per heavy atom. The highest BCUT2D eigenvalue weighted by Crippen LogP contribution is 2.16. The number of hydrogen-bond acceptors (Lipinski definition) is 2. The van der Waals surface area contributed by atoms with Crippen LogP contribution < -0.4 is 5.32 Å². The molecule has 5 heteroatoms. The summed E-state index contributed by atoms with van der Waals surface area (Å²) < 4.78 is 13.6. The molecule has 20 heavy (non-hydrogen) atoms. The number of benzene rings is 1. The van der Waals surface area contributed by atoms with Gasteiger partial charge in [-0.05, 0) is 26.0 Å². The molecule has 0 saturated heterocycles. The average Bonchev–Trinajstić information content (AvgIpc) is 2.88. The number of ketones is 1. The van der Waals surface area contributed by atoms with Crippen molar-refractivity contribution in [2.75, 3.05) is 0 Å². The number of Topliss-reactive ketones (excluding diaryl/α,β-unsaturated/α-hetero) is 1. The molecular formula is C15H15FN2O2. The summed E-state index contributed by atoms with van der Waals surface area (Å²) >= 11 is 0. The number of rotatable bonds is 4. The first kappa shape index (κ1) is 14.0. The predicted octanol–water partition coefficient (Wildman–Crippen LogP) is 2.85. The van der Waals surface area contributed by atoms with Gasteiger partial charge in [-0.15, -0.1) is 0 Å². The third-order valence-electron chi connectivity index (χ3n) is 3.05. The van der Waals surface area contributed by atoms with Gasteiger partial charge >= 0.3 is 0 Å². The Kier molecular flexibility index (Phi) is 3.98. The van der Waals surface area contributed by atoms with Crippen molar-refractivity contribution in [2.24, 2.45) is 0 Å². The second-order valence-corrected chi connectivity index (χ2v) is 4.57. The van der Waals surface area contributed by atoms with Gasteiger partial charge in [0.2, 0.25) is 0 Å². The van der Waals surface area contributed by atoms with Crippen LogP contribution in [0.1, 0.15) is 46.3 Å². The van der Waals surface area contributed by atoms with Gasteiger partial charge in [-0.1, -0.05) is 18.2 Å². The summed E-state index contributed by atoms with van der Waals surface area (Å²) in [6, 6.07) is 7.29. The Labute approximate surface area is 116 Å². The fraction of sp³-hybridized carbons (Fsp3) is 0.200. The maximum absolute atomic E-state index is 13.6.